The standard InChI is InChI=1S/C14H14N2O5S/c17-10(6-21-8-4-2-1-3-5-8)15-11-12(18)16-9(14(19)20)7-22-13(11)16/h1-5,9,11,13H,6-7H2,(H,15,17)(H,19,20)/t9?,11-,13-/m1/s1. The molecule has 0 aliphatic carbocycles. The molecule has 3 rings (SSSR count). The Morgan fingerprint density at radius 2 is 2.09 bits per heavy atom. The Kier molecular flexibility index (Phi) is 3.93. The van der Waals surface area contributed by atoms with Crippen molar-refractivity contribution in [2.45, 2.75) is 17.5 Å². The maximum Gasteiger partial charge on any atom is 0.327 e. The molecule has 1 unspecified atom stereocenters. The minimum Gasteiger partial charge on any atom is -0.484 e. The van der Waals surface area contributed by atoms with Crippen LogP contribution in [0.4, 0.5) is 0 Å². The van der Waals surface area contributed by atoms with Crippen LogP contribution < -0.4 is 10.1 Å². The Labute approximate surface area is 130 Å². The number of carbonyl (C=O) groups excluding carboxylic acids is 2. The summed E-state index contributed by atoms with van der Waals surface area (Å²) in [5.41, 5.74) is 0. The lowest BCUT2D eigenvalue weighted by Crippen LogP contribution is -2.70. The van der Waals surface area contributed by atoms with Gasteiger partial charge in [0.15, 0.2) is 6.61 Å². The molecule has 0 spiro atoms. The number of β-lactam (4-membered cyclic amide) rings is 1. The molecule has 8 heteroatoms. The molecular weight excluding hydrogens is 308 g/mol. The molecule has 22 heavy (non-hydrogen) atoms. The smallest absolute Gasteiger partial charge is 0.327 e. The molecule has 3 atom stereocenters. The number of ether oxygens (including phenoxy) is 1. The van der Waals surface area contributed by atoms with E-state index in [2.05, 4.69) is 5.32 Å². The highest BCUT2D eigenvalue weighted by Crippen LogP contribution is 2.39. The summed E-state index contributed by atoms with van der Waals surface area (Å²) in [5.74, 6) is -0.851. The third-order valence-electron chi connectivity index (χ3n) is 3.56. The number of para-hydroxylation sites is 1. The average Bonchev–Trinajstić information content (AvgIpc) is 2.92. The van der Waals surface area contributed by atoms with Gasteiger partial charge in [0, 0.05) is 5.75 Å². The monoisotopic (exact) mass is 322 g/mol. The van der Waals surface area contributed by atoms with E-state index in [1.807, 2.05) is 6.07 Å². The van der Waals surface area contributed by atoms with E-state index in [1.54, 1.807) is 24.3 Å². The molecule has 0 bridgehead atoms. The quantitative estimate of drug-likeness (QED) is 0.736. The largest absolute Gasteiger partial charge is 0.484 e. The number of hydrogen-bond donors (Lipinski definition) is 2. The van der Waals surface area contributed by atoms with Crippen LogP contribution in [-0.4, -0.2) is 57.6 Å². The third-order valence-corrected chi connectivity index (χ3v) is 4.90. The van der Waals surface area contributed by atoms with Gasteiger partial charge >= 0.3 is 5.97 Å². The summed E-state index contributed by atoms with van der Waals surface area (Å²) in [4.78, 5) is 36.1. The highest BCUT2D eigenvalue weighted by Gasteiger charge is 2.57. The molecule has 0 aromatic heterocycles. The van der Waals surface area contributed by atoms with Crippen molar-refractivity contribution in [3.05, 3.63) is 30.3 Å². The van der Waals surface area contributed by atoms with E-state index in [1.165, 1.54) is 16.7 Å². The van der Waals surface area contributed by atoms with E-state index in [-0.39, 0.29) is 17.9 Å². The van der Waals surface area contributed by atoms with Crippen LogP contribution in [0.1, 0.15) is 0 Å². The lowest BCUT2D eigenvalue weighted by molar-refractivity contribution is -0.159. The molecule has 2 amide bonds. The number of carbonyl (C=O) groups is 3. The Morgan fingerprint density at radius 3 is 2.77 bits per heavy atom. The van der Waals surface area contributed by atoms with Gasteiger partial charge in [0.2, 0.25) is 5.91 Å². The fraction of sp³-hybridized carbons (Fsp3) is 0.357. The molecule has 7 nitrogen and oxygen atoms in total. The minimum absolute atomic E-state index is 0.187. The van der Waals surface area contributed by atoms with Crippen LogP contribution in [0.5, 0.6) is 5.75 Å². The van der Waals surface area contributed by atoms with Gasteiger partial charge in [-0.2, -0.15) is 0 Å². The number of amides is 2. The second kappa shape index (κ2) is 5.88. The van der Waals surface area contributed by atoms with Crippen molar-refractivity contribution < 1.29 is 24.2 Å². The van der Waals surface area contributed by atoms with Gasteiger partial charge in [-0.05, 0) is 12.1 Å². The maximum atomic E-state index is 12.0. The number of carboxylic acid groups (broad SMARTS) is 1. The Balaban J connectivity index is 1.51. The van der Waals surface area contributed by atoms with Crippen molar-refractivity contribution in [1.82, 2.24) is 10.2 Å². The lowest BCUT2D eigenvalue weighted by atomic mass is 10.0. The van der Waals surface area contributed by atoms with Gasteiger partial charge in [-0.15, -0.1) is 11.8 Å². The highest BCUT2D eigenvalue weighted by atomic mass is 32.2. The average molecular weight is 322 g/mol. The molecule has 2 heterocycles. The van der Waals surface area contributed by atoms with E-state index in [0.29, 0.717) is 11.5 Å². The van der Waals surface area contributed by atoms with Crippen LogP contribution in [0, 0.1) is 0 Å². The molecule has 2 saturated heterocycles. The molecule has 1 aromatic rings. The molecule has 2 aliphatic heterocycles. The summed E-state index contributed by atoms with van der Waals surface area (Å²) in [7, 11) is 0. The number of benzene rings is 1. The van der Waals surface area contributed by atoms with E-state index < -0.39 is 24.0 Å². The van der Waals surface area contributed by atoms with Gasteiger partial charge < -0.3 is 20.1 Å². The maximum absolute atomic E-state index is 12.0. The SMILES string of the molecule is O=C(COc1ccccc1)N[C@@H]1C(=O)N2C(C(=O)O)CS[C@H]12. The van der Waals surface area contributed by atoms with Crippen molar-refractivity contribution in [2.75, 3.05) is 12.4 Å². The first-order chi connectivity index (χ1) is 10.6. The van der Waals surface area contributed by atoms with Crippen LogP contribution >= 0.6 is 11.8 Å². The topological polar surface area (TPSA) is 95.9 Å². The molecule has 2 aliphatic rings. The van der Waals surface area contributed by atoms with Crippen LogP contribution in [0.3, 0.4) is 0 Å². The summed E-state index contributed by atoms with van der Waals surface area (Å²) in [5, 5.41) is 11.3. The first-order valence-electron chi connectivity index (χ1n) is 6.72. The molecule has 0 radical (unpaired) electrons. The fourth-order valence-corrected chi connectivity index (χ4v) is 3.94. The molecule has 116 valence electrons. The fourth-order valence-electron chi connectivity index (χ4n) is 2.47. The molecule has 1 aromatic carbocycles. The summed E-state index contributed by atoms with van der Waals surface area (Å²) >= 11 is 1.37. The first kappa shape index (κ1) is 14.7. The van der Waals surface area contributed by atoms with Crippen molar-refractivity contribution in [3.63, 3.8) is 0 Å². The Morgan fingerprint density at radius 1 is 1.36 bits per heavy atom. The molecule has 2 N–H and O–H groups in total. The number of rotatable bonds is 5. The third kappa shape index (κ3) is 2.61. The lowest BCUT2D eigenvalue weighted by Gasteiger charge is -2.43. The number of hydrogen-bond acceptors (Lipinski definition) is 5. The van der Waals surface area contributed by atoms with Crippen molar-refractivity contribution in [3.8, 4) is 5.75 Å². The van der Waals surface area contributed by atoms with E-state index in [4.69, 9.17) is 9.84 Å². The second-order valence-corrected chi connectivity index (χ2v) is 6.12. The van der Waals surface area contributed by atoms with E-state index >= 15 is 0 Å². The van der Waals surface area contributed by atoms with Crippen molar-refractivity contribution in [1.29, 1.82) is 0 Å². The van der Waals surface area contributed by atoms with Crippen LogP contribution in [0.15, 0.2) is 30.3 Å². The van der Waals surface area contributed by atoms with Crippen LogP contribution in [0.2, 0.25) is 0 Å². The number of thioether (sulfide) groups is 1. The zero-order chi connectivity index (χ0) is 15.7. The minimum atomic E-state index is -1.01. The van der Waals surface area contributed by atoms with Gasteiger partial charge in [-0.3, -0.25) is 9.59 Å². The number of aliphatic carboxylic acids is 1. The van der Waals surface area contributed by atoms with Gasteiger partial charge in [0.25, 0.3) is 5.91 Å². The second-order valence-electron chi connectivity index (χ2n) is 4.97. The zero-order valence-electron chi connectivity index (χ0n) is 11.5. The number of nitrogens with zero attached hydrogens (tertiary/aromatic N) is 1. The Hall–Kier alpha value is -2.22. The van der Waals surface area contributed by atoms with Gasteiger partial charge in [0.1, 0.15) is 23.2 Å². The predicted molar refractivity (Wildman–Crippen MR) is 78.4 cm³/mol. The normalized spacial score (nSPS) is 26.1. The van der Waals surface area contributed by atoms with Gasteiger partial charge in [-0.1, -0.05) is 18.2 Å². The summed E-state index contributed by atoms with van der Waals surface area (Å²) in [6.07, 6.45) is 0. The summed E-state index contributed by atoms with van der Waals surface area (Å²) in [6, 6.07) is 7.42. The first-order valence-corrected chi connectivity index (χ1v) is 7.76. The number of nitrogens with one attached hydrogen (secondary N) is 1. The Bertz CT molecular complexity index is 609. The highest BCUT2D eigenvalue weighted by molar-refractivity contribution is 8.00. The zero-order valence-corrected chi connectivity index (χ0v) is 12.3. The summed E-state index contributed by atoms with van der Waals surface area (Å²) in [6.45, 7) is -0.187. The number of fused-ring (bicyclic) bond motifs is 1. The van der Waals surface area contributed by atoms with Crippen LogP contribution in [-0.2, 0) is 14.4 Å². The van der Waals surface area contributed by atoms with Crippen molar-refractivity contribution >= 4 is 29.5 Å². The molecule has 2 fully saturated rings. The summed E-state index contributed by atoms with van der Waals surface area (Å²) < 4.78 is 5.31. The molecular formula is C14H14N2O5S. The van der Waals surface area contributed by atoms with Gasteiger partial charge in [0.05, 0.1) is 0 Å². The van der Waals surface area contributed by atoms with Crippen molar-refractivity contribution in [2.24, 2.45) is 0 Å². The van der Waals surface area contributed by atoms with Crippen LogP contribution in [0.25, 0.3) is 0 Å². The number of carboxylic acids is 1. The molecule has 0 saturated carbocycles. The van der Waals surface area contributed by atoms with Gasteiger partial charge in [-0.25, -0.2) is 4.79 Å². The van der Waals surface area contributed by atoms with E-state index in [0.717, 1.165) is 0 Å². The van der Waals surface area contributed by atoms with E-state index in [9.17, 15) is 14.4 Å². The predicted octanol–water partition coefficient (Wildman–Crippen LogP) is -0.0815.